The van der Waals surface area contributed by atoms with Crippen LogP contribution in [0.5, 0.6) is 0 Å². The molecule has 4 rings (SSSR count). The Morgan fingerprint density at radius 1 is 1.23 bits per heavy atom. The quantitative estimate of drug-likeness (QED) is 0.680. The van der Waals surface area contributed by atoms with Crippen molar-refractivity contribution in [2.45, 2.75) is 65.3 Å². The van der Waals surface area contributed by atoms with Gasteiger partial charge in [-0.25, -0.2) is 0 Å². The molecule has 1 atom stereocenters. The van der Waals surface area contributed by atoms with Crippen LogP contribution < -0.4 is 10.9 Å². The Balaban J connectivity index is 1.45. The molecule has 6 nitrogen and oxygen atoms in total. The molecular weight excluding hydrogens is 376 g/mol. The number of aryl methyl sites for hydroxylation is 5. The maximum absolute atomic E-state index is 12.6. The molecule has 0 unspecified atom stereocenters. The summed E-state index contributed by atoms with van der Waals surface area (Å²) in [5, 5.41) is 8.46. The summed E-state index contributed by atoms with van der Waals surface area (Å²) in [6.45, 7) is 5.89. The van der Waals surface area contributed by atoms with Gasteiger partial charge >= 0.3 is 0 Å². The smallest absolute Gasteiger partial charge is 0.253 e. The number of aromatic amines is 1. The minimum atomic E-state index is -0.140. The fourth-order valence-electron chi connectivity index (χ4n) is 4.71. The number of nitrogens with zero attached hydrogens (tertiary/aromatic N) is 2. The van der Waals surface area contributed by atoms with Crippen LogP contribution in [0, 0.1) is 13.8 Å². The lowest BCUT2D eigenvalue weighted by Crippen LogP contribution is -2.28. The zero-order valence-corrected chi connectivity index (χ0v) is 18.3. The van der Waals surface area contributed by atoms with E-state index in [2.05, 4.69) is 33.6 Å². The van der Waals surface area contributed by atoms with Gasteiger partial charge in [0.15, 0.2) is 0 Å². The van der Waals surface area contributed by atoms with Gasteiger partial charge in [-0.1, -0.05) is 18.2 Å². The highest BCUT2D eigenvalue weighted by Crippen LogP contribution is 2.25. The summed E-state index contributed by atoms with van der Waals surface area (Å²) in [4.78, 5) is 28.1. The molecule has 158 valence electrons. The first-order valence-electron chi connectivity index (χ1n) is 10.8. The van der Waals surface area contributed by atoms with Crippen LogP contribution in [-0.4, -0.2) is 20.7 Å². The molecule has 2 N–H and O–H groups in total. The Hall–Kier alpha value is -2.89. The summed E-state index contributed by atoms with van der Waals surface area (Å²) in [5.74, 6) is -0.0398. The van der Waals surface area contributed by atoms with Crippen molar-refractivity contribution < 1.29 is 4.79 Å². The van der Waals surface area contributed by atoms with Crippen molar-refractivity contribution in [3.63, 3.8) is 0 Å². The predicted octanol–water partition coefficient (Wildman–Crippen LogP) is 3.57. The molecule has 1 aliphatic rings. The third kappa shape index (κ3) is 3.78. The van der Waals surface area contributed by atoms with Crippen molar-refractivity contribution in [1.29, 1.82) is 0 Å². The molecule has 0 fully saturated rings. The second-order valence-electron chi connectivity index (χ2n) is 8.51. The van der Waals surface area contributed by atoms with E-state index in [-0.39, 0.29) is 23.9 Å². The third-order valence-electron chi connectivity index (χ3n) is 6.41. The number of hydrogen-bond donors (Lipinski definition) is 2. The molecule has 3 aromatic rings. The van der Waals surface area contributed by atoms with Crippen LogP contribution in [-0.2, 0) is 31.1 Å². The van der Waals surface area contributed by atoms with Gasteiger partial charge in [0.05, 0.1) is 11.7 Å². The van der Waals surface area contributed by atoms with Crippen molar-refractivity contribution in [1.82, 2.24) is 20.1 Å². The van der Waals surface area contributed by atoms with Crippen LogP contribution in [0.1, 0.15) is 65.7 Å². The van der Waals surface area contributed by atoms with E-state index in [4.69, 9.17) is 0 Å². The summed E-state index contributed by atoms with van der Waals surface area (Å²) in [6.07, 6.45) is 5.48. The molecule has 1 aromatic carbocycles. The molecule has 0 saturated heterocycles. The topological polar surface area (TPSA) is 79.8 Å². The van der Waals surface area contributed by atoms with Gasteiger partial charge in [0.2, 0.25) is 5.91 Å². The van der Waals surface area contributed by atoms with Gasteiger partial charge in [0.25, 0.3) is 5.56 Å². The maximum atomic E-state index is 12.6. The van der Waals surface area contributed by atoms with Crippen molar-refractivity contribution in [3.05, 3.63) is 62.1 Å². The highest BCUT2D eigenvalue weighted by molar-refractivity contribution is 5.83. The number of fused-ring (bicyclic) bond motifs is 2. The fraction of sp³-hybridized carbons (Fsp3) is 0.458. The van der Waals surface area contributed by atoms with E-state index in [9.17, 15) is 9.59 Å². The summed E-state index contributed by atoms with van der Waals surface area (Å²) >= 11 is 0. The first-order chi connectivity index (χ1) is 14.3. The number of amides is 1. The van der Waals surface area contributed by atoms with Crippen molar-refractivity contribution in [3.8, 4) is 0 Å². The minimum absolute atomic E-state index is 0.0398. The van der Waals surface area contributed by atoms with Crippen LogP contribution in [0.15, 0.2) is 23.0 Å². The number of nitrogens with one attached hydrogen (secondary N) is 2. The summed E-state index contributed by atoms with van der Waals surface area (Å²) in [6, 6.07) is 6.53. The maximum Gasteiger partial charge on any atom is 0.253 e. The molecule has 0 aliphatic heterocycles. The molecule has 2 heterocycles. The molecule has 6 heteroatoms. The standard InChI is InChI=1S/C24H30N4O2/c1-14-20(24(30)26-23-22(14)16(3)27-28(23)4)11-12-21(29)25-15(2)18-10-9-17-7-5-6-8-19(17)13-18/h9-10,13,15H,5-8,11-12H2,1-4H3,(H,25,29)(H,26,30)/t15-/m1/s1. The van der Waals surface area contributed by atoms with Crippen LogP contribution in [0.2, 0.25) is 0 Å². The number of rotatable bonds is 5. The molecule has 1 amide bonds. The SMILES string of the molecule is Cc1nn(C)c2[nH]c(=O)c(CCC(=O)N[C@H](C)c3ccc4c(c3)CCCC4)c(C)c12. The Morgan fingerprint density at radius 3 is 2.73 bits per heavy atom. The number of benzene rings is 1. The fourth-order valence-corrected chi connectivity index (χ4v) is 4.71. The third-order valence-corrected chi connectivity index (χ3v) is 6.41. The molecule has 0 radical (unpaired) electrons. The number of aromatic nitrogens is 3. The summed E-state index contributed by atoms with van der Waals surface area (Å²) < 4.78 is 1.69. The van der Waals surface area contributed by atoms with Crippen LogP contribution >= 0.6 is 0 Å². The van der Waals surface area contributed by atoms with E-state index < -0.39 is 0 Å². The molecule has 0 saturated carbocycles. The van der Waals surface area contributed by atoms with Gasteiger partial charge in [-0.05, 0) is 75.1 Å². The molecular formula is C24H30N4O2. The van der Waals surface area contributed by atoms with Gasteiger partial charge in [-0.2, -0.15) is 5.10 Å². The summed E-state index contributed by atoms with van der Waals surface area (Å²) in [5.41, 5.74) is 7.05. The second-order valence-corrected chi connectivity index (χ2v) is 8.51. The van der Waals surface area contributed by atoms with E-state index in [1.165, 1.54) is 24.0 Å². The Kier molecular flexibility index (Phi) is 5.50. The minimum Gasteiger partial charge on any atom is -0.350 e. The Bertz CT molecular complexity index is 1170. The van der Waals surface area contributed by atoms with Gasteiger partial charge < -0.3 is 10.3 Å². The van der Waals surface area contributed by atoms with E-state index in [1.807, 2.05) is 27.8 Å². The van der Waals surface area contributed by atoms with E-state index in [1.54, 1.807) is 4.68 Å². The lowest BCUT2D eigenvalue weighted by Gasteiger charge is -2.20. The lowest BCUT2D eigenvalue weighted by molar-refractivity contribution is -0.121. The van der Waals surface area contributed by atoms with Crippen molar-refractivity contribution >= 4 is 16.9 Å². The second kappa shape index (κ2) is 8.09. The first-order valence-corrected chi connectivity index (χ1v) is 10.8. The number of H-pyrrole nitrogens is 1. The van der Waals surface area contributed by atoms with Gasteiger partial charge in [-0.15, -0.1) is 0 Å². The summed E-state index contributed by atoms with van der Waals surface area (Å²) in [7, 11) is 1.82. The zero-order valence-electron chi connectivity index (χ0n) is 18.3. The van der Waals surface area contributed by atoms with Crippen LogP contribution in [0.25, 0.3) is 11.0 Å². The van der Waals surface area contributed by atoms with Crippen molar-refractivity contribution in [2.24, 2.45) is 7.05 Å². The molecule has 1 aliphatic carbocycles. The number of hydrogen-bond acceptors (Lipinski definition) is 3. The average Bonchev–Trinajstić information content (AvgIpc) is 3.00. The Morgan fingerprint density at radius 2 is 1.97 bits per heavy atom. The van der Waals surface area contributed by atoms with E-state index >= 15 is 0 Å². The average molecular weight is 407 g/mol. The van der Waals surface area contributed by atoms with Gasteiger partial charge in [-0.3, -0.25) is 14.3 Å². The Labute approximate surface area is 176 Å². The van der Waals surface area contributed by atoms with Gasteiger partial charge in [0.1, 0.15) is 5.65 Å². The van der Waals surface area contributed by atoms with Crippen LogP contribution in [0.3, 0.4) is 0 Å². The monoisotopic (exact) mass is 406 g/mol. The highest BCUT2D eigenvalue weighted by atomic mass is 16.1. The largest absolute Gasteiger partial charge is 0.350 e. The van der Waals surface area contributed by atoms with Crippen LogP contribution in [0.4, 0.5) is 0 Å². The lowest BCUT2D eigenvalue weighted by atomic mass is 9.89. The van der Waals surface area contributed by atoms with Crippen molar-refractivity contribution in [2.75, 3.05) is 0 Å². The number of carbonyl (C=O) groups is 1. The zero-order chi connectivity index (χ0) is 21.4. The molecule has 0 bridgehead atoms. The highest BCUT2D eigenvalue weighted by Gasteiger charge is 2.17. The first kappa shape index (κ1) is 20.4. The van der Waals surface area contributed by atoms with E-state index in [0.717, 1.165) is 40.7 Å². The molecule has 30 heavy (non-hydrogen) atoms. The van der Waals surface area contributed by atoms with Gasteiger partial charge in [0, 0.05) is 24.4 Å². The molecule has 0 spiro atoms. The van der Waals surface area contributed by atoms with E-state index in [0.29, 0.717) is 12.0 Å². The normalized spacial score (nSPS) is 14.5. The predicted molar refractivity (Wildman–Crippen MR) is 119 cm³/mol. The molecule has 2 aromatic heterocycles. The number of pyridine rings is 1. The number of carbonyl (C=O) groups excluding carboxylic acids is 1.